The van der Waals surface area contributed by atoms with Crippen LogP contribution in [0, 0.1) is 11.6 Å². The van der Waals surface area contributed by atoms with Crippen molar-refractivity contribution in [2.75, 3.05) is 0 Å². The van der Waals surface area contributed by atoms with Crippen molar-refractivity contribution >= 4 is 0 Å². The molecule has 2 atom stereocenters. The molecule has 0 amide bonds. The van der Waals surface area contributed by atoms with E-state index >= 15 is 0 Å². The Labute approximate surface area is 87.0 Å². The van der Waals surface area contributed by atoms with Gasteiger partial charge in [0, 0.05) is 12.1 Å². The predicted molar refractivity (Wildman–Crippen MR) is 52.6 cm³/mol. The summed E-state index contributed by atoms with van der Waals surface area (Å²) in [6.07, 6.45) is 1.41. The molecular formula is C11H13F2NO. The first-order valence-electron chi connectivity index (χ1n) is 5.04. The van der Waals surface area contributed by atoms with E-state index in [9.17, 15) is 8.78 Å². The van der Waals surface area contributed by atoms with Gasteiger partial charge < -0.3 is 10.5 Å². The lowest BCUT2D eigenvalue weighted by atomic mass is 10.0. The van der Waals surface area contributed by atoms with E-state index in [0.717, 1.165) is 18.9 Å². The first-order chi connectivity index (χ1) is 7.13. The second-order valence-corrected chi connectivity index (χ2v) is 3.77. The molecule has 82 valence electrons. The molecule has 4 heteroatoms. The van der Waals surface area contributed by atoms with Gasteiger partial charge in [-0.15, -0.1) is 0 Å². The molecule has 2 rings (SSSR count). The van der Waals surface area contributed by atoms with Crippen molar-refractivity contribution < 1.29 is 13.5 Å². The molecule has 1 heterocycles. The smallest absolute Gasteiger partial charge is 0.134 e. The molecule has 2 nitrogen and oxygen atoms in total. The number of halogens is 2. The van der Waals surface area contributed by atoms with Gasteiger partial charge in [-0.1, -0.05) is 13.3 Å². The van der Waals surface area contributed by atoms with Gasteiger partial charge in [-0.2, -0.15) is 0 Å². The molecular weight excluding hydrogens is 200 g/mol. The van der Waals surface area contributed by atoms with Crippen LogP contribution in [0.5, 0.6) is 5.75 Å². The van der Waals surface area contributed by atoms with Gasteiger partial charge >= 0.3 is 0 Å². The van der Waals surface area contributed by atoms with Crippen LogP contribution in [0.2, 0.25) is 0 Å². The summed E-state index contributed by atoms with van der Waals surface area (Å²) < 4.78 is 31.7. The van der Waals surface area contributed by atoms with Gasteiger partial charge in [0.25, 0.3) is 0 Å². The van der Waals surface area contributed by atoms with Gasteiger partial charge in [-0.25, -0.2) is 8.78 Å². The van der Waals surface area contributed by atoms with Gasteiger partial charge in [0.2, 0.25) is 0 Å². The maximum Gasteiger partial charge on any atom is 0.134 e. The second kappa shape index (κ2) is 3.77. The highest BCUT2D eigenvalue weighted by Crippen LogP contribution is 2.38. The molecule has 0 bridgehead atoms. The summed E-state index contributed by atoms with van der Waals surface area (Å²) in [6.45, 7) is 2.00. The van der Waals surface area contributed by atoms with E-state index in [4.69, 9.17) is 10.5 Å². The minimum absolute atomic E-state index is 0.235. The number of hydrogen-bond donors (Lipinski definition) is 1. The van der Waals surface area contributed by atoms with E-state index in [0.29, 0.717) is 5.56 Å². The normalized spacial score (nSPS) is 23.7. The van der Waals surface area contributed by atoms with Crippen LogP contribution in [0.1, 0.15) is 31.4 Å². The molecule has 0 fully saturated rings. The maximum absolute atomic E-state index is 13.4. The van der Waals surface area contributed by atoms with Crippen molar-refractivity contribution in [3.05, 3.63) is 29.3 Å². The first-order valence-corrected chi connectivity index (χ1v) is 5.04. The Balaban J connectivity index is 2.36. The Morgan fingerprint density at radius 1 is 1.40 bits per heavy atom. The monoisotopic (exact) mass is 213 g/mol. The number of ether oxygens (including phenoxy) is 1. The van der Waals surface area contributed by atoms with Crippen molar-refractivity contribution in [1.82, 2.24) is 0 Å². The molecule has 0 aliphatic carbocycles. The van der Waals surface area contributed by atoms with Crippen LogP contribution in [0.3, 0.4) is 0 Å². The molecule has 1 aromatic carbocycles. The van der Waals surface area contributed by atoms with Crippen LogP contribution in [0.25, 0.3) is 0 Å². The van der Waals surface area contributed by atoms with Gasteiger partial charge in [0.15, 0.2) is 0 Å². The predicted octanol–water partition coefficient (Wildman–Crippen LogP) is 2.53. The number of nitrogens with two attached hydrogens (primary N) is 1. The van der Waals surface area contributed by atoms with Crippen molar-refractivity contribution in [1.29, 1.82) is 0 Å². The van der Waals surface area contributed by atoms with Crippen molar-refractivity contribution in [2.24, 2.45) is 5.73 Å². The third kappa shape index (κ3) is 1.69. The topological polar surface area (TPSA) is 35.2 Å². The lowest BCUT2D eigenvalue weighted by Crippen LogP contribution is -2.25. The lowest BCUT2D eigenvalue weighted by Gasteiger charge is -2.13. The Hall–Kier alpha value is -1.16. The van der Waals surface area contributed by atoms with E-state index < -0.39 is 17.7 Å². The molecule has 0 saturated heterocycles. The zero-order valence-electron chi connectivity index (χ0n) is 8.47. The zero-order valence-corrected chi connectivity index (χ0v) is 8.47. The largest absolute Gasteiger partial charge is 0.488 e. The second-order valence-electron chi connectivity index (χ2n) is 3.77. The van der Waals surface area contributed by atoms with E-state index in [1.54, 1.807) is 0 Å². The van der Waals surface area contributed by atoms with Gasteiger partial charge in [-0.05, 0) is 6.42 Å². The third-order valence-electron chi connectivity index (χ3n) is 2.64. The van der Waals surface area contributed by atoms with Crippen LogP contribution in [0.15, 0.2) is 12.1 Å². The lowest BCUT2D eigenvalue weighted by molar-refractivity contribution is 0.194. The summed E-state index contributed by atoms with van der Waals surface area (Å²) in [6, 6.07) is 1.55. The van der Waals surface area contributed by atoms with E-state index in [1.165, 1.54) is 6.07 Å². The molecule has 1 aromatic rings. The Morgan fingerprint density at radius 3 is 2.80 bits per heavy atom. The Kier molecular flexibility index (Phi) is 2.61. The average Bonchev–Trinajstić information content (AvgIpc) is 2.43. The van der Waals surface area contributed by atoms with E-state index in [2.05, 4.69) is 0 Å². The molecule has 2 unspecified atom stereocenters. The molecule has 0 spiro atoms. The molecule has 2 N–H and O–H groups in total. The zero-order chi connectivity index (χ0) is 11.0. The maximum atomic E-state index is 13.4. The fourth-order valence-electron chi connectivity index (χ4n) is 1.93. The Bertz CT molecular complexity index is 381. The van der Waals surface area contributed by atoms with E-state index in [-0.39, 0.29) is 11.9 Å². The van der Waals surface area contributed by atoms with Gasteiger partial charge in [-0.3, -0.25) is 0 Å². The number of rotatable bonds is 2. The number of benzene rings is 1. The van der Waals surface area contributed by atoms with Crippen LogP contribution in [-0.2, 0) is 0 Å². The van der Waals surface area contributed by atoms with Crippen molar-refractivity contribution in [3.8, 4) is 5.75 Å². The van der Waals surface area contributed by atoms with Crippen LogP contribution in [-0.4, -0.2) is 6.10 Å². The molecule has 1 aliphatic heterocycles. The summed E-state index contributed by atoms with van der Waals surface area (Å²) >= 11 is 0. The summed E-state index contributed by atoms with van der Waals surface area (Å²) in [5.41, 5.74) is 6.14. The fourth-order valence-corrected chi connectivity index (χ4v) is 1.93. The quantitative estimate of drug-likeness (QED) is 0.819. The van der Waals surface area contributed by atoms with Crippen molar-refractivity contribution in [2.45, 2.75) is 31.9 Å². The summed E-state index contributed by atoms with van der Waals surface area (Å²) in [4.78, 5) is 0. The third-order valence-corrected chi connectivity index (χ3v) is 2.64. The summed E-state index contributed by atoms with van der Waals surface area (Å²) in [5, 5.41) is 0. The molecule has 15 heavy (non-hydrogen) atoms. The van der Waals surface area contributed by atoms with Crippen LogP contribution >= 0.6 is 0 Å². The van der Waals surface area contributed by atoms with Gasteiger partial charge in [0.1, 0.15) is 23.5 Å². The molecule has 1 aliphatic rings. The number of fused-ring (bicyclic) bond motifs is 1. The summed E-state index contributed by atoms with van der Waals surface area (Å²) in [5.74, 6) is -0.995. The average molecular weight is 213 g/mol. The van der Waals surface area contributed by atoms with Crippen LogP contribution in [0.4, 0.5) is 8.78 Å². The minimum Gasteiger partial charge on any atom is -0.488 e. The Morgan fingerprint density at radius 2 is 2.13 bits per heavy atom. The highest BCUT2D eigenvalue weighted by atomic mass is 19.1. The number of hydrogen-bond acceptors (Lipinski definition) is 2. The minimum atomic E-state index is -0.629. The highest BCUT2D eigenvalue weighted by Gasteiger charge is 2.34. The molecule has 0 saturated carbocycles. The fraction of sp³-hybridized carbons (Fsp3) is 0.455. The SMILES string of the molecule is CCCC1Oc2cc(F)cc(F)c2C1N. The summed E-state index contributed by atoms with van der Waals surface area (Å²) in [7, 11) is 0. The molecule has 0 aromatic heterocycles. The standard InChI is InChI=1S/C11H13F2NO/c1-2-3-8-11(14)10-7(13)4-6(12)5-9(10)15-8/h4-5,8,11H,2-3,14H2,1H3. The molecule has 0 radical (unpaired) electrons. The highest BCUT2D eigenvalue weighted by molar-refractivity contribution is 5.42. The van der Waals surface area contributed by atoms with Crippen molar-refractivity contribution in [3.63, 3.8) is 0 Å². The van der Waals surface area contributed by atoms with Crippen LogP contribution < -0.4 is 10.5 Å². The van der Waals surface area contributed by atoms with E-state index in [1.807, 2.05) is 6.92 Å². The first kappa shape index (κ1) is 10.4. The van der Waals surface area contributed by atoms with Gasteiger partial charge in [0.05, 0.1) is 11.6 Å².